The summed E-state index contributed by atoms with van der Waals surface area (Å²) >= 11 is 0. The average Bonchev–Trinajstić information content (AvgIpc) is 2.03. The second-order valence-corrected chi connectivity index (χ2v) is 2.32. The molecule has 0 fully saturated rings. The second kappa shape index (κ2) is 3.71. The zero-order valence-electron chi connectivity index (χ0n) is 6.90. The van der Waals surface area contributed by atoms with Gasteiger partial charge >= 0.3 is 11.9 Å². The molecule has 4 heteroatoms. The van der Waals surface area contributed by atoms with Gasteiger partial charge in [0.2, 0.25) is 0 Å². The SMILES string of the molecule is CC(=O)Oc1cc[c]cc1C(=O)O. The van der Waals surface area contributed by atoms with Crippen molar-refractivity contribution in [2.24, 2.45) is 0 Å². The van der Waals surface area contributed by atoms with Gasteiger partial charge in [0.25, 0.3) is 0 Å². The van der Waals surface area contributed by atoms with Crippen molar-refractivity contribution >= 4 is 11.9 Å². The van der Waals surface area contributed by atoms with Crippen LogP contribution in [-0.2, 0) is 4.79 Å². The van der Waals surface area contributed by atoms with Gasteiger partial charge in [-0.3, -0.25) is 4.79 Å². The van der Waals surface area contributed by atoms with Crippen molar-refractivity contribution in [1.82, 2.24) is 0 Å². The number of carbonyl (C=O) groups excluding carboxylic acids is 1. The first-order chi connectivity index (χ1) is 6.11. The van der Waals surface area contributed by atoms with Gasteiger partial charge in [0, 0.05) is 6.92 Å². The van der Waals surface area contributed by atoms with E-state index in [2.05, 4.69) is 10.8 Å². The molecule has 0 atom stereocenters. The van der Waals surface area contributed by atoms with Crippen LogP contribution in [0.4, 0.5) is 0 Å². The molecule has 0 saturated carbocycles. The fourth-order valence-electron chi connectivity index (χ4n) is 0.827. The minimum atomic E-state index is -1.15. The Bertz CT molecular complexity index is 343. The fraction of sp³-hybridized carbons (Fsp3) is 0.111. The van der Waals surface area contributed by atoms with Crippen LogP contribution in [0.1, 0.15) is 17.3 Å². The number of carboxylic acid groups (broad SMARTS) is 1. The number of aromatic carboxylic acids is 1. The quantitative estimate of drug-likeness (QED) is 0.545. The van der Waals surface area contributed by atoms with Gasteiger partial charge in [-0.25, -0.2) is 4.79 Å². The lowest BCUT2D eigenvalue weighted by Gasteiger charge is -2.03. The van der Waals surface area contributed by atoms with Crippen molar-refractivity contribution < 1.29 is 19.4 Å². The zero-order chi connectivity index (χ0) is 9.84. The van der Waals surface area contributed by atoms with Crippen LogP contribution in [0.5, 0.6) is 5.75 Å². The molecular formula is C9H7O4. The number of carboxylic acids is 1. The Morgan fingerprint density at radius 3 is 2.77 bits per heavy atom. The highest BCUT2D eigenvalue weighted by molar-refractivity contribution is 5.91. The lowest BCUT2D eigenvalue weighted by atomic mass is 10.2. The standard InChI is InChI=1S/C9H7O4/c1-6(10)13-8-5-3-2-4-7(8)9(11)12/h3-5H,1H3,(H,11,12). The molecule has 1 N–H and O–H groups in total. The molecule has 0 aliphatic heterocycles. The van der Waals surface area contributed by atoms with E-state index < -0.39 is 11.9 Å². The van der Waals surface area contributed by atoms with Crippen LogP contribution in [0.3, 0.4) is 0 Å². The van der Waals surface area contributed by atoms with Gasteiger partial charge in [-0.1, -0.05) is 6.07 Å². The Labute approximate surface area is 74.8 Å². The number of hydrogen-bond donors (Lipinski definition) is 1. The van der Waals surface area contributed by atoms with Gasteiger partial charge in [0.05, 0.1) is 0 Å². The van der Waals surface area contributed by atoms with E-state index >= 15 is 0 Å². The molecule has 0 bridgehead atoms. The summed E-state index contributed by atoms with van der Waals surface area (Å²) in [6.07, 6.45) is 0. The van der Waals surface area contributed by atoms with Crippen LogP contribution >= 0.6 is 0 Å². The molecule has 0 amide bonds. The monoisotopic (exact) mass is 179 g/mol. The lowest BCUT2D eigenvalue weighted by Crippen LogP contribution is -2.06. The average molecular weight is 179 g/mol. The van der Waals surface area contributed by atoms with Crippen LogP contribution in [0.15, 0.2) is 18.2 Å². The molecule has 67 valence electrons. The third-order valence-electron chi connectivity index (χ3n) is 1.31. The predicted octanol–water partition coefficient (Wildman–Crippen LogP) is 1.11. The number of hydrogen-bond acceptors (Lipinski definition) is 3. The smallest absolute Gasteiger partial charge is 0.339 e. The maximum atomic E-state index is 10.6. The van der Waals surface area contributed by atoms with Gasteiger partial charge in [-0.05, 0) is 18.2 Å². The summed E-state index contributed by atoms with van der Waals surface area (Å²) in [4.78, 5) is 21.2. The van der Waals surface area contributed by atoms with E-state index in [-0.39, 0.29) is 11.3 Å². The Balaban J connectivity index is 3.04. The van der Waals surface area contributed by atoms with Crippen molar-refractivity contribution in [1.29, 1.82) is 0 Å². The Morgan fingerprint density at radius 1 is 1.54 bits per heavy atom. The first kappa shape index (κ1) is 9.25. The summed E-state index contributed by atoms with van der Waals surface area (Å²) in [5.41, 5.74) is -0.0716. The summed E-state index contributed by atoms with van der Waals surface area (Å²) in [5.74, 6) is -1.65. The lowest BCUT2D eigenvalue weighted by molar-refractivity contribution is -0.131. The first-order valence-electron chi connectivity index (χ1n) is 3.53. The molecule has 1 rings (SSSR count). The van der Waals surface area contributed by atoms with Crippen molar-refractivity contribution in [3.05, 3.63) is 29.8 Å². The molecule has 4 nitrogen and oxygen atoms in total. The molecule has 0 saturated heterocycles. The minimum absolute atomic E-state index is 0.0405. The molecule has 0 heterocycles. The van der Waals surface area contributed by atoms with Crippen molar-refractivity contribution in [2.45, 2.75) is 6.92 Å². The third-order valence-corrected chi connectivity index (χ3v) is 1.31. The molecule has 0 unspecified atom stereocenters. The second-order valence-electron chi connectivity index (χ2n) is 2.32. The van der Waals surface area contributed by atoms with E-state index in [9.17, 15) is 9.59 Å². The van der Waals surface area contributed by atoms with Crippen LogP contribution in [0.25, 0.3) is 0 Å². The summed E-state index contributed by atoms with van der Waals surface area (Å²) in [7, 11) is 0. The predicted molar refractivity (Wildman–Crippen MR) is 43.5 cm³/mol. The summed E-state index contributed by atoms with van der Waals surface area (Å²) in [5, 5.41) is 8.67. The molecule has 0 spiro atoms. The number of esters is 1. The van der Waals surface area contributed by atoms with Crippen LogP contribution in [0.2, 0.25) is 0 Å². The van der Waals surface area contributed by atoms with Crippen molar-refractivity contribution in [3.8, 4) is 5.75 Å². The molecule has 0 aromatic heterocycles. The van der Waals surface area contributed by atoms with E-state index in [1.807, 2.05) is 0 Å². The Morgan fingerprint density at radius 2 is 2.23 bits per heavy atom. The highest BCUT2D eigenvalue weighted by Crippen LogP contribution is 2.17. The molecule has 1 radical (unpaired) electrons. The van der Waals surface area contributed by atoms with E-state index in [0.29, 0.717) is 0 Å². The van der Waals surface area contributed by atoms with Gasteiger partial charge in [0.15, 0.2) is 0 Å². The van der Waals surface area contributed by atoms with Crippen LogP contribution < -0.4 is 4.74 Å². The van der Waals surface area contributed by atoms with Crippen molar-refractivity contribution in [3.63, 3.8) is 0 Å². The maximum Gasteiger partial charge on any atom is 0.339 e. The van der Waals surface area contributed by atoms with E-state index in [4.69, 9.17) is 5.11 Å². The highest BCUT2D eigenvalue weighted by atomic mass is 16.5. The largest absolute Gasteiger partial charge is 0.478 e. The highest BCUT2D eigenvalue weighted by Gasteiger charge is 2.11. The van der Waals surface area contributed by atoms with Gasteiger partial charge in [-0.15, -0.1) is 0 Å². The normalized spacial score (nSPS) is 9.31. The Hall–Kier alpha value is -1.84. The molecule has 0 aliphatic rings. The maximum absolute atomic E-state index is 10.6. The summed E-state index contributed by atoms with van der Waals surface area (Å²) in [6.45, 7) is 1.21. The van der Waals surface area contributed by atoms with Gasteiger partial charge in [0.1, 0.15) is 11.3 Å². The number of rotatable bonds is 2. The molecule has 1 aromatic carbocycles. The minimum Gasteiger partial charge on any atom is -0.478 e. The van der Waals surface area contributed by atoms with E-state index in [1.165, 1.54) is 25.1 Å². The Kier molecular flexibility index (Phi) is 2.64. The topological polar surface area (TPSA) is 63.6 Å². The van der Waals surface area contributed by atoms with Gasteiger partial charge in [-0.2, -0.15) is 0 Å². The zero-order valence-corrected chi connectivity index (χ0v) is 6.90. The van der Waals surface area contributed by atoms with E-state index in [1.54, 1.807) is 0 Å². The molecule has 13 heavy (non-hydrogen) atoms. The molecular weight excluding hydrogens is 172 g/mol. The third kappa shape index (κ3) is 2.30. The summed E-state index contributed by atoms with van der Waals surface area (Å²) < 4.78 is 4.67. The first-order valence-corrected chi connectivity index (χ1v) is 3.53. The fourth-order valence-corrected chi connectivity index (χ4v) is 0.827. The van der Waals surface area contributed by atoms with Crippen LogP contribution in [-0.4, -0.2) is 17.0 Å². The molecule has 0 aliphatic carbocycles. The van der Waals surface area contributed by atoms with Crippen LogP contribution in [0, 0.1) is 6.07 Å². The van der Waals surface area contributed by atoms with Gasteiger partial charge < -0.3 is 9.84 Å². The van der Waals surface area contributed by atoms with Crippen molar-refractivity contribution in [2.75, 3.05) is 0 Å². The summed E-state index contributed by atoms with van der Waals surface area (Å²) in [6, 6.07) is 6.69. The van der Waals surface area contributed by atoms with E-state index in [0.717, 1.165) is 0 Å². The number of carbonyl (C=O) groups is 2. The number of benzene rings is 1. The number of ether oxygens (including phenoxy) is 1. The molecule has 1 aromatic rings.